The first-order chi connectivity index (χ1) is 16.1. The van der Waals surface area contributed by atoms with E-state index in [9.17, 15) is 9.59 Å². The van der Waals surface area contributed by atoms with E-state index in [-0.39, 0.29) is 24.3 Å². The van der Waals surface area contributed by atoms with Gasteiger partial charge in [0.2, 0.25) is 11.8 Å². The van der Waals surface area contributed by atoms with Crippen molar-refractivity contribution < 1.29 is 14.3 Å². The molecule has 3 aromatic rings. The number of fused-ring (bicyclic) bond motifs is 1. The summed E-state index contributed by atoms with van der Waals surface area (Å²) in [5, 5.41) is 6.03. The Morgan fingerprint density at radius 2 is 1.82 bits per heavy atom. The molecule has 0 radical (unpaired) electrons. The van der Waals surface area contributed by atoms with Crippen LogP contribution in [0.1, 0.15) is 44.3 Å². The van der Waals surface area contributed by atoms with E-state index in [4.69, 9.17) is 9.72 Å². The Kier molecular flexibility index (Phi) is 7.60. The highest BCUT2D eigenvalue weighted by molar-refractivity contribution is 5.91. The summed E-state index contributed by atoms with van der Waals surface area (Å²) in [6.45, 7) is 0.799. The van der Waals surface area contributed by atoms with Crippen LogP contribution in [-0.2, 0) is 22.6 Å². The Morgan fingerprint density at radius 3 is 2.58 bits per heavy atom. The minimum atomic E-state index is -0.116. The molecule has 0 bridgehead atoms. The van der Waals surface area contributed by atoms with Crippen molar-refractivity contribution in [1.29, 1.82) is 0 Å². The van der Waals surface area contributed by atoms with Crippen LogP contribution < -0.4 is 15.4 Å². The fraction of sp³-hybridized carbons (Fsp3) is 0.423. The summed E-state index contributed by atoms with van der Waals surface area (Å²) in [6, 6.07) is 15.1. The lowest BCUT2D eigenvalue weighted by Crippen LogP contribution is -2.32. The number of nitrogens with one attached hydrogen (secondary N) is 2. The molecule has 1 aromatic heterocycles. The highest BCUT2D eigenvalue weighted by Crippen LogP contribution is 2.23. The van der Waals surface area contributed by atoms with Gasteiger partial charge in [0, 0.05) is 24.6 Å². The molecule has 2 N–H and O–H groups in total. The number of carbonyl (C=O) groups is 2. The monoisotopic (exact) mass is 448 g/mol. The van der Waals surface area contributed by atoms with Crippen LogP contribution in [0.4, 0.5) is 5.69 Å². The predicted octanol–water partition coefficient (Wildman–Crippen LogP) is 4.31. The van der Waals surface area contributed by atoms with Gasteiger partial charge >= 0.3 is 0 Å². The van der Waals surface area contributed by atoms with Crippen LogP contribution >= 0.6 is 0 Å². The molecule has 0 aliphatic heterocycles. The molecule has 2 aromatic carbocycles. The smallest absolute Gasteiger partial charge is 0.244 e. The lowest BCUT2D eigenvalue weighted by atomic mass is 9.89. The van der Waals surface area contributed by atoms with Crippen molar-refractivity contribution in [2.45, 2.75) is 51.5 Å². The second kappa shape index (κ2) is 11.0. The molecule has 1 saturated carbocycles. The molecule has 1 aliphatic carbocycles. The van der Waals surface area contributed by atoms with E-state index in [0.717, 1.165) is 60.4 Å². The SMILES string of the molecule is COc1ccc(NC(=O)Cn2c(CCCNC(=O)C3CCCCC3)nc3ccccc32)cc1. The van der Waals surface area contributed by atoms with Crippen molar-refractivity contribution in [3.05, 3.63) is 54.4 Å². The number of imidazole rings is 1. The highest BCUT2D eigenvalue weighted by Gasteiger charge is 2.20. The average molecular weight is 449 g/mol. The number of aryl methyl sites for hydroxylation is 1. The molecule has 2 amide bonds. The molecular weight excluding hydrogens is 416 g/mol. The highest BCUT2D eigenvalue weighted by atomic mass is 16.5. The van der Waals surface area contributed by atoms with Gasteiger partial charge in [-0.25, -0.2) is 4.98 Å². The molecule has 174 valence electrons. The molecule has 1 aliphatic rings. The number of carbonyl (C=O) groups excluding carboxylic acids is 2. The standard InChI is InChI=1S/C26H32N4O3/c1-33-21-15-13-20(14-16-21)28-25(31)18-30-23-11-6-5-10-22(23)29-24(30)12-7-17-27-26(32)19-8-3-2-4-9-19/h5-6,10-11,13-16,19H,2-4,7-9,12,17-18H2,1H3,(H,27,32)(H,28,31). The van der Waals surface area contributed by atoms with Gasteiger partial charge in [0.25, 0.3) is 0 Å². The largest absolute Gasteiger partial charge is 0.497 e. The van der Waals surface area contributed by atoms with Crippen LogP contribution in [0.5, 0.6) is 5.75 Å². The maximum Gasteiger partial charge on any atom is 0.244 e. The fourth-order valence-corrected chi connectivity index (χ4v) is 4.48. The van der Waals surface area contributed by atoms with Crippen LogP contribution in [0.2, 0.25) is 0 Å². The van der Waals surface area contributed by atoms with Gasteiger partial charge in [-0.1, -0.05) is 31.4 Å². The number of benzene rings is 2. The van der Waals surface area contributed by atoms with Crippen molar-refractivity contribution in [3.8, 4) is 5.75 Å². The number of hydrogen-bond acceptors (Lipinski definition) is 4. The van der Waals surface area contributed by atoms with Gasteiger partial charge in [0.1, 0.15) is 18.1 Å². The van der Waals surface area contributed by atoms with Gasteiger partial charge in [0.05, 0.1) is 18.1 Å². The summed E-state index contributed by atoms with van der Waals surface area (Å²) in [7, 11) is 1.61. The van der Waals surface area contributed by atoms with Gasteiger partial charge < -0.3 is 19.9 Å². The zero-order valence-corrected chi connectivity index (χ0v) is 19.2. The van der Waals surface area contributed by atoms with Crippen LogP contribution in [0.25, 0.3) is 11.0 Å². The number of rotatable bonds is 9. The Balaban J connectivity index is 1.37. The van der Waals surface area contributed by atoms with Crippen LogP contribution in [-0.4, -0.2) is 35.0 Å². The lowest BCUT2D eigenvalue weighted by Gasteiger charge is -2.20. The first-order valence-corrected chi connectivity index (χ1v) is 11.8. The number of amides is 2. The van der Waals surface area contributed by atoms with Gasteiger partial charge in [0.15, 0.2) is 0 Å². The summed E-state index contributed by atoms with van der Waals surface area (Å²) in [5.74, 6) is 1.83. The van der Waals surface area contributed by atoms with E-state index in [0.29, 0.717) is 13.0 Å². The van der Waals surface area contributed by atoms with E-state index >= 15 is 0 Å². The minimum absolute atomic E-state index is 0.116. The first-order valence-electron chi connectivity index (χ1n) is 11.8. The van der Waals surface area contributed by atoms with Gasteiger partial charge in [-0.05, 0) is 55.7 Å². The average Bonchev–Trinajstić information content (AvgIpc) is 3.19. The molecule has 1 fully saturated rings. The van der Waals surface area contributed by atoms with Crippen molar-refractivity contribution in [2.75, 3.05) is 19.0 Å². The summed E-state index contributed by atoms with van der Waals surface area (Å²) in [6.07, 6.45) is 7.03. The molecule has 4 rings (SSSR count). The maximum atomic E-state index is 12.8. The van der Waals surface area contributed by atoms with Gasteiger partial charge in [-0.15, -0.1) is 0 Å². The third-order valence-electron chi connectivity index (χ3n) is 6.26. The zero-order chi connectivity index (χ0) is 23.0. The second-order valence-electron chi connectivity index (χ2n) is 8.61. The maximum absolute atomic E-state index is 12.8. The molecule has 0 atom stereocenters. The van der Waals surface area contributed by atoms with Crippen molar-refractivity contribution >= 4 is 28.5 Å². The van der Waals surface area contributed by atoms with Crippen molar-refractivity contribution in [1.82, 2.24) is 14.9 Å². The topological polar surface area (TPSA) is 85.2 Å². The van der Waals surface area contributed by atoms with Crippen molar-refractivity contribution in [3.63, 3.8) is 0 Å². The van der Waals surface area contributed by atoms with Gasteiger partial charge in [-0.3, -0.25) is 9.59 Å². The number of nitrogens with zero attached hydrogens (tertiary/aromatic N) is 2. The number of methoxy groups -OCH3 is 1. The number of ether oxygens (including phenoxy) is 1. The summed E-state index contributed by atoms with van der Waals surface area (Å²) < 4.78 is 7.14. The second-order valence-corrected chi connectivity index (χ2v) is 8.61. The summed E-state index contributed by atoms with van der Waals surface area (Å²) >= 11 is 0. The Bertz CT molecular complexity index is 1080. The number of aromatic nitrogens is 2. The predicted molar refractivity (Wildman–Crippen MR) is 129 cm³/mol. The van der Waals surface area contributed by atoms with Gasteiger partial charge in [-0.2, -0.15) is 0 Å². The zero-order valence-electron chi connectivity index (χ0n) is 19.2. The Morgan fingerprint density at radius 1 is 1.06 bits per heavy atom. The van der Waals surface area contributed by atoms with E-state index in [1.54, 1.807) is 7.11 Å². The number of hydrogen-bond donors (Lipinski definition) is 2. The normalized spacial score (nSPS) is 14.2. The van der Waals surface area contributed by atoms with E-state index in [1.807, 2.05) is 53.1 Å². The lowest BCUT2D eigenvalue weighted by molar-refractivity contribution is -0.125. The molecule has 1 heterocycles. The Hall–Kier alpha value is -3.35. The van der Waals surface area contributed by atoms with E-state index < -0.39 is 0 Å². The quantitative estimate of drug-likeness (QED) is 0.478. The van der Waals surface area contributed by atoms with E-state index in [2.05, 4.69) is 10.6 Å². The summed E-state index contributed by atoms with van der Waals surface area (Å²) in [5.41, 5.74) is 2.52. The first kappa shape index (κ1) is 22.8. The number of para-hydroxylation sites is 2. The molecule has 0 spiro atoms. The molecule has 0 unspecified atom stereocenters. The fourth-order valence-electron chi connectivity index (χ4n) is 4.48. The van der Waals surface area contributed by atoms with Crippen LogP contribution in [0, 0.1) is 5.92 Å². The molecule has 7 heteroatoms. The van der Waals surface area contributed by atoms with Crippen molar-refractivity contribution in [2.24, 2.45) is 5.92 Å². The molecule has 0 saturated heterocycles. The van der Waals surface area contributed by atoms with Crippen LogP contribution in [0.3, 0.4) is 0 Å². The summed E-state index contributed by atoms with van der Waals surface area (Å²) in [4.78, 5) is 29.9. The molecule has 33 heavy (non-hydrogen) atoms. The number of anilines is 1. The Labute approximate surface area is 194 Å². The minimum Gasteiger partial charge on any atom is -0.497 e. The van der Waals surface area contributed by atoms with E-state index in [1.165, 1.54) is 6.42 Å². The molecule has 7 nitrogen and oxygen atoms in total. The van der Waals surface area contributed by atoms with Crippen LogP contribution in [0.15, 0.2) is 48.5 Å². The third-order valence-corrected chi connectivity index (χ3v) is 6.26. The molecular formula is C26H32N4O3. The third kappa shape index (κ3) is 5.92.